The first-order valence-corrected chi connectivity index (χ1v) is 12.0. The van der Waals surface area contributed by atoms with E-state index in [-0.39, 0.29) is 5.91 Å². The number of nitrogens with zero attached hydrogens (tertiary/aromatic N) is 1. The van der Waals surface area contributed by atoms with E-state index in [1.165, 1.54) is 13.8 Å². The average molecular weight is 468 g/mol. The summed E-state index contributed by atoms with van der Waals surface area (Å²) in [6.07, 6.45) is 1.05. The van der Waals surface area contributed by atoms with Crippen molar-refractivity contribution in [1.82, 2.24) is 0 Å². The van der Waals surface area contributed by atoms with E-state index in [2.05, 4.69) is 10.6 Å². The van der Waals surface area contributed by atoms with Crippen LogP contribution < -0.4 is 19.7 Å². The maximum atomic E-state index is 12.8. The fraction of sp³-hybridized carbons (Fsp3) is 0.167. The molecule has 3 aromatic rings. The van der Waals surface area contributed by atoms with Gasteiger partial charge in [-0.3, -0.25) is 13.9 Å². The van der Waals surface area contributed by atoms with Crippen molar-refractivity contribution in [3.63, 3.8) is 0 Å². The molecule has 0 aliphatic carbocycles. The van der Waals surface area contributed by atoms with Crippen molar-refractivity contribution in [1.29, 1.82) is 0 Å². The normalized spacial score (nSPS) is 11.8. The largest absolute Gasteiger partial charge is 0.457 e. The van der Waals surface area contributed by atoms with E-state index in [1.807, 2.05) is 30.3 Å². The van der Waals surface area contributed by atoms with Crippen molar-refractivity contribution < 1.29 is 22.7 Å². The van der Waals surface area contributed by atoms with Crippen molar-refractivity contribution in [3.8, 4) is 11.5 Å². The van der Waals surface area contributed by atoms with Gasteiger partial charge in [0.05, 0.1) is 11.9 Å². The summed E-state index contributed by atoms with van der Waals surface area (Å²) in [5.41, 5.74) is 1.40. The van der Waals surface area contributed by atoms with Crippen LogP contribution in [0.25, 0.3) is 0 Å². The maximum absolute atomic E-state index is 12.8. The number of para-hydroxylation sites is 1. The number of rotatable bonds is 8. The molecule has 0 aliphatic heterocycles. The van der Waals surface area contributed by atoms with Gasteiger partial charge in [-0.15, -0.1) is 0 Å². The van der Waals surface area contributed by atoms with Gasteiger partial charge in [0.25, 0.3) is 0 Å². The quantitative estimate of drug-likeness (QED) is 0.516. The minimum Gasteiger partial charge on any atom is -0.457 e. The van der Waals surface area contributed by atoms with Crippen molar-refractivity contribution in [2.75, 3.05) is 21.2 Å². The van der Waals surface area contributed by atoms with Crippen molar-refractivity contribution >= 4 is 38.9 Å². The summed E-state index contributed by atoms with van der Waals surface area (Å²) in [6.45, 7) is 2.91. The van der Waals surface area contributed by atoms with E-state index in [0.29, 0.717) is 28.6 Å². The Morgan fingerprint density at radius 1 is 0.818 bits per heavy atom. The molecule has 0 radical (unpaired) electrons. The minimum absolute atomic E-state index is 0.204. The molecule has 0 heterocycles. The molecular weight excluding hydrogens is 442 g/mol. The lowest BCUT2D eigenvalue weighted by Gasteiger charge is -2.28. The van der Waals surface area contributed by atoms with Crippen molar-refractivity contribution in [2.24, 2.45) is 0 Å². The molecule has 0 saturated heterocycles. The van der Waals surface area contributed by atoms with E-state index in [9.17, 15) is 18.0 Å². The van der Waals surface area contributed by atoms with Crippen LogP contribution >= 0.6 is 0 Å². The molecule has 0 saturated carbocycles. The maximum Gasteiger partial charge on any atom is 0.247 e. The van der Waals surface area contributed by atoms with Crippen LogP contribution in [0.5, 0.6) is 11.5 Å². The minimum atomic E-state index is -3.76. The number of carbonyl (C=O) groups excluding carboxylic acids is 2. The third kappa shape index (κ3) is 6.56. The Kier molecular flexibility index (Phi) is 7.34. The molecule has 0 aliphatic rings. The fourth-order valence-corrected chi connectivity index (χ4v) is 4.36. The third-order valence-corrected chi connectivity index (χ3v) is 5.87. The lowest BCUT2D eigenvalue weighted by atomic mass is 10.2. The molecule has 9 heteroatoms. The Labute approximate surface area is 193 Å². The summed E-state index contributed by atoms with van der Waals surface area (Å²) < 4.78 is 31.9. The number of anilines is 3. The number of benzene rings is 3. The van der Waals surface area contributed by atoms with Crippen LogP contribution in [0.4, 0.5) is 17.1 Å². The summed E-state index contributed by atoms with van der Waals surface area (Å²) in [5.74, 6) is 0.485. The van der Waals surface area contributed by atoms with Gasteiger partial charge in [0.1, 0.15) is 17.5 Å². The molecule has 3 aromatic carbocycles. The van der Waals surface area contributed by atoms with E-state index >= 15 is 0 Å². The monoisotopic (exact) mass is 467 g/mol. The number of ether oxygens (including phenoxy) is 1. The number of sulfonamides is 1. The van der Waals surface area contributed by atoms with Crippen LogP contribution in [0.3, 0.4) is 0 Å². The first-order chi connectivity index (χ1) is 15.6. The van der Waals surface area contributed by atoms with Crippen molar-refractivity contribution in [2.45, 2.75) is 19.9 Å². The summed E-state index contributed by atoms with van der Waals surface area (Å²) in [5, 5.41) is 5.34. The molecule has 1 atom stereocenters. The van der Waals surface area contributed by atoms with Gasteiger partial charge in [-0.2, -0.15) is 0 Å². The Balaban J connectivity index is 1.75. The number of carbonyl (C=O) groups is 2. The second-order valence-corrected chi connectivity index (χ2v) is 9.25. The first-order valence-electron chi connectivity index (χ1n) is 10.1. The standard InChI is InChI=1S/C24H25N3O5S/c1-17(24(29)26-20-11-9-19(10-12-20)25-18(2)28)27(33(3,30)31)21-13-15-23(16-14-21)32-22-7-5-4-6-8-22/h4-17H,1-3H3,(H,25,28)(H,26,29)/t17-/m0/s1. The highest BCUT2D eigenvalue weighted by molar-refractivity contribution is 7.92. The van der Waals surface area contributed by atoms with Crippen LogP contribution in [0, 0.1) is 0 Å². The van der Waals surface area contributed by atoms with Gasteiger partial charge >= 0.3 is 0 Å². The van der Waals surface area contributed by atoms with Crippen LogP contribution in [0.15, 0.2) is 78.9 Å². The number of hydrogen-bond donors (Lipinski definition) is 2. The highest BCUT2D eigenvalue weighted by Gasteiger charge is 2.29. The summed E-state index contributed by atoms with van der Waals surface area (Å²) >= 11 is 0. The van der Waals surface area contributed by atoms with E-state index < -0.39 is 22.0 Å². The van der Waals surface area contributed by atoms with Gasteiger partial charge < -0.3 is 15.4 Å². The van der Waals surface area contributed by atoms with Gasteiger partial charge in [0, 0.05) is 18.3 Å². The van der Waals surface area contributed by atoms with Gasteiger partial charge in [0.15, 0.2) is 0 Å². The van der Waals surface area contributed by atoms with E-state index in [0.717, 1.165) is 10.6 Å². The van der Waals surface area contributed by atoms with Crippen LogP contribution in [0.1, 0.15) is 13.8 Å². The molecule has 33 heavy (non-hydrogen) atoms. The zero-order valence-corrected chi connectivity index (χ0v) is 19.3. The molecule has 0 fully saturated rings. The third-order valence-electron chi connectivity index (χ3n) is 4.63. The van der Waals surface area contributed by atoms with Gasteiger partial charge in [-0.25, -0.2) is 8.42 Å². The molecule has 8 nitrogen and oxygen atoms in total. The lowest BCUT2D eigenvalue weighted by Crippen LogP contribution is -2.45. The molecule has 2 N–H and O–H groups in total. The molecule has 2 amide bonds. The molecule has 0 unspecified atom stereocenters. The van der Waals surface area contributed by atoms with Gasteiger partial charge in [-0.05, 0) is 67.6 Å². The van der Waals surface area contributed by atoms with Crippen molar-refractivity contribution in [3.05, 3.63) is 78.9 Å². The highest BCUT2D eigenvalue weighted by atomic mass is 32.2. The summed E-state index contributed by atoms with van der Waals surface area (Å²) in [6, 6.07) is 21.2. The molecule has 0 aromatic heterocycles. The second-order valence-electron chi connectivity index (χ2n) is 7.39. The summed E-state index contributed by atoms with van der Waals surface area (Å²) in [7, 11) is -3.76. The van der Waals surface area contributed by atoms with Gasteiger partial charge in [-0.1, -0.05) is 18.2 Å². The molecule has 172 valence electrons. The highest BCUT2D eigenvalue weighted by Crippen LogP contribution is 2.27. The van der Waals surface area contributed by atoms with E-state index in [1.54, 1.807) is 48.5 Å². The molecule has 0 spiro atoms. The van der Waals surface area contributed by atoms with Crippen LogP contribution in [0.2, 0.25) is 0 Å². The van der Waals surface area contributed by atoms with Crippen LogP contribution in [-0.2, 0) is 19.6 Å². The molecule has 0 bridgehead atoms. The predicted octanol–water partition coefficient (Wildman–Crippen LogP) is 4.23. The zero-order valence-electron chi connectivity index (χ0n) is 18.5. The smallest absolute Gasteiger partial charge is 0.247 e. The molecular formula is C24H25N3O5S. The number of nitrogens with one attached hydrogen (secondary N) is 2. The Bertz CT molecular complexity index is 1210. The van der Waals surface area contributed by atoms with Gasteiger partial charge in [0.2, 0.25) is 21.8 Å². The lowest BCUT2D eigenvalue weighted by molar-refractivity contribution is -0.117. The fourth-order valence-electron chi connectivity index (χ4n) is 3.18. The average Bonchev–Trinajstić information content (AvgIpc) is 2.76. The Hall–Kier alpha value is -3.85. The predicted molar refractivity (Wildman–Crippen MR) is 129 cm³/mol. The summed E-state index contributed by atoms with van der Waals surface area (Å²) in [4.78, 5) is 24.0. The second kappa shape index (κ2) is 10.2. The number of amides is 2. The van der Waals surface area contributed by atoms with E-state index in [4.69, 9.17) is 4.74 Å². The first kappa shape index (κ1) is 23.8. The Morgan fingerprint density at radius 2 is 1.33 bits per heavy atom. The molecule has 3 rings (SSSR count). The SMILES string of the molecule is CC(=O)Nc1ccc(NC(=O)[C@H](C)N(c2ccc(Oc3ccccc3)cc2)S(C)(=O)=O)cc1. The number of hydrogen-bond acceptors (Lipinski definition) is 5. The topological polar surface area (TPSA) is 105 Å². The Morgan fingerprint density at radius 3 is 1.85 bits per heavy atom. The zero-order chi connectivity index (χ0) is 24.0. The van der Waals surface area contributed by atoms with Crippen LogP contribution in [-0.4, -0.2) is 32.5 Å².